The summed E-state index contributed by atoms with van der Waals surface area (Å²) in [6.07, 6.45) is -3.67. The molecule has 1 aliphatic heterocycles. The van der Waals surface area contributed by atoms with Crippen molar-refractivity contribution in [1.82, 2.24) is 9.88 Å². The first kappa shape index (κ1) is 18.0. The van der Waals surface area contributed by atoms with Gasteiger partial charge in [-0.25, -0.2) is 9.78 Å². The summed E-state index contributed by atoms with van der Waals surface area (Å²) in [6, 6.07) is 1.34. The first-order valence-corrected chi connectivity index (χ1v) is 6.93. The zero-order valence-electron chi connectivity index (χ0n) is 12.6. The van der Waals surface area contributed by atoms with Gasteiger partial charge in [-0.1, -0.05) is 0 Å². The van der Waals surface area contributed by atoms with E-state index in [-0.39, 0.29) is 24.4 Å². The summed E-state index contributed by atoms with van der Waals surface area (Å²) >= 11 is 0. The Morgan fingerprint density at radius 3 is 2.62 bits per heavy atom. The molecule has 0 radical (unpaired) electrons. The molecule has 1 aromatic heterocycles. The Morgan fingerprint density at radius 1 is 1.42 bits per heavy atom. The fourth-order valence-electron chi connectivity index (χ4n) is 2.34. The lowest BCUT2D eigenvalue weighted by atomic mass is 10.2. The maximum Gasteiger partial charge on any atom is 0.422 e. The van der Waals surface area contributed by atoms with Crippen molar-refractivity contribution in [2.45, 2.75) is 24.7 Å². The molecule has 1 amide bonds. The van der Waals surface area contributed by atoms with E-state index < -0.39 is 36.8 Å². The van der Waals surface area contributed by atoms with Gasteiger partial charge in [0.2, 0.25) is 5.88 Å². The molecule has 1 saturated heterocycles. The number of amides is 1. The number of likely N-dealkylation sites (tertiary alicyclic amines) is 1. The van der Waals surface area contributed by atoms with Gasteiger partial charge in [0.25, 0.3) is 5.91 Å². The number of carbonyl (C=O) groups excluding carboxylic acids is 1. The molecular formula is C14H15F3N2O5. The van der Waals surface area contributed by atoms with Gasteiger partial charge in [0.05, 0.1) is 11.7 Å². The summed E-state index contributed by atoms with van der Waals surface area (Å²) in [7, 11) is 1.42. The smallest absolute Gasteiger partial charge is 0.422 e. The Kier molecular flexibility index (Phi) is 5.27. The molecule has 0 spiro atoms. The van der Waals surface area contributed by atoms with Gasteiger partial charge < -0.3 is 19.5 Å². The number of hydrogen-bond acceptors (Lipinski definition) is 5. The number of nitrogens with zero attached hydrogens (tertiary/aromatic N) is 2. The number of carboxylic acids is 1. The molecule has 1 aromatic rings. The number of pyridine rings is 1. The monoisotopic (exact) mass is 348 g/mol. The lowest BCUT2D eigenvalue weighted by Crippen LogP contribution is -2.40. The largest absolute Gasteiger partial charge is 0.480 e. The maximum atomic E-state index is 12.4. The van der Waals surface area contributed by atoms with Gasteiger partial charge in [-0.2, -0.15) is 13.2 Å². The van der Waals surface area contributed by atoms with E-state index in [9.17, 15) is 27.9 Å². The van der Waals surface area contributed by atoms with E-state index in [1.807, 2.05) is 0 Å². The predicted octanol–water partition coefficient (Wildman–Crippen LogP) is 1.34. The quantitative estimate of drug-likeness (QED) is 0.864. The van der Waals surface area contributed by atoms with Crippen LogP contribution in [0.2, 0.25) is 0 Å². The minimum atomic E-state index is -4.49. The number of carbonyl (C=O) groups is 2. The van der Waals surface area contributed by atoms with Crippen LogP contribution >= 0.6 is 0 Å². The highest BCUT2D eigenvalue weighted by molar-refractivity contribution is 5.96. The molecule has 0 aliphatic carbocycles. The number of alkyl halides is 3. The average molecular weight is 348 g/mol. The number of methoxy groups -OCH3 is 1. The summed E-state index contributed by atoms with van der Waals surface area (Å²) in [5, 5.41) is 9.19. The summed E-state index contributed by atoms with van der Waals surface area (Å²) in [4.78, 5) is 28.4. The molecule has 1 fully saturated rings. The van der Waals surface area contributed by atoms with Gasteiger partial charge in [0.1, 0.15) is 6.04 Å². The van der Waals surface area contributed by atoms with Crippen LogP contribution in [0.4, 0.5) is 13.2 Å². The fraction of sp³-hybridized carbons (Fsp3) is 0.500. The fourth-order valence-corrected chi connectivity index (χ4v) is 2.34. The summed E-state index contributed by atoms with van der Waals surface area (Å²) in [6.45, 7) is -1.38. The summed E-state index contributed by atoms with van der Waals surface area (Å²) < 4.78 is 45.7. The van der Waals surface area contributed by atoms with Crippen molar-refractivity contribution in [1.29, 1.82) is 0 Å². The van der Waals surface area contributed by atoms with Crippen molar-refractivity contribution < 1.29 is 37.3 Å². The van der Waals surface area contributed by atoms with Gasteiger partial charge in [-0.05, 0) is 6.07 Å². The van der Waals surface area contributed by atoms with E-state index in [4.69, 9.17) is 4.74 Å². The number of ether oxygens (including phenoxy) is 2. The Balaban J connectivity index is 2.07. The zero-order chi connectivity index (χ0) is 17.9. The van der Waals surface area contributed by atoms with Gasteiger partial charge in [-0.3, -0.25) is 4.79 Å². The van der Waals surface area contributed by atoms with E-state index in [2.05, 4.69) is 9.72 Å². The van der Waals surface area contributed by atoms with Crippen molar-refractivity contribution >= 4 is 11.9 Å². The molecule has 2 rings (SSSR count). The normalized spacial score (nSPS) is 20.9. The van der Waals surface area contributed by atoms with E-state index in [0.29, 0.717) is 0 Å². The Labute approximate surface area is 135 Å². The topological polar surface area (TPSA) is 89.0 Å². The third-order valence-electron chi connectivity index (χ3n) is 3.51. The summed E-state index contributed by atoms with van der Waals surface area (Å²) in [5.41, 5.74) is 0.0531. The van der Waals surface area contributed by atoms with Crippen LogP contribution in [0.3, 0.4) is 0 Å². The second kappa shape index (κ2) is 7.04. The van der Waals surface area contributed by atoms with Crippen molar-refractivity contribution in [3.05, 3.63) is 23.9 Å². The maximum absolute atomic E-state index is 12.4. The minimum Gasteiger partial charge on any atom is -0.480 e. The van der Waals surface area contributed by atoms with Crippen LogP contribution in [-0.4, -0.2) is 65.5 Å². The molecule has 1 N–H and O–H groups in total. The molecule has 1 aliphatic rings. The van der Waals surface area contributed by atoms with Crippen LogP contribution in [0.15, 0.2) is 18.3 Å². The summed E-state index contributed by atoms with van der Waals surface area (Å²) in [5.74, 6) is -2.02. The van der Waals surface area contributed by atoms with Crippen molar-refractivity contribution in [2.24, 2.45) is 0 Å². The lowest BCUT2D eigenvalue weighted by Gasteiger charge is -2.21. The number of halogens is 3. The Morgan fingerprint density at radius 2 is 2.12 bits per heavy atom. The van der Waals surface area contributed by atoms with Crippen LogP contribution in [0.5, 0.6) is 5.88 Å². The second-order valence-electron chi connectivity index (χ2n) is 5.19. The highest BCUT2D eigenvalue weighted by atomic mass is 19.4. The first-order chi connectivity index (χ1) is 11.2. The van der Waals surface area contributed by atoms with Gasteiger partial charge >= 0.3 is 12.1 Å². The van der Waals surface area contributed by atoms with Crippen molar-refractivity contribution in [3.8, 4) is 5.88 Å². The minimum absolute atomic E-state index is 0.0531. The van der Waals surface area contributed by atoms with Crippen LogP contribution in [0.1, 0.15) is 16.8 Å². The van der Waals surface area contributed by atoms with E-state index in [1.54, 1.807) is 0 Å². The molecule has 2 unspecified atom stereocenters. The molecule has 2 heterocycles. The Hall–Kier alpha value is -2.36. The third-order valence-corrected chi connectivity index (χ3v) is 3.51. The van der Waals surface area contributed by atoms with Crippen molar-refractivity contribution in [2.75, 3.05) is 20.3 Å². The molecule has 2 atom stereocenters. The highest BCUT2D eigenvalue weighted by Gasteiger charge is 2.40. The van der Waals surface area contributed by atoms with Crippen molar-refractivity contribution in [3.63, 3.8) is 0 Å². The van der Waals surface area contributed by atoms with Gasteiger partial charge in [0.15, 0.2) is 6.61 Å². The highest BCUT2D eigenvalue weighted by Crippen LogP contribution is 2.23. The van der Waals surface area contributed by atoms with Gasteiger partial charge in [0, 0.05) is 32.3 Å². The lowest BCUT2D eigenvalue weighted by molar-refractivity contribution is -0.154. The van der Waals surface area contributed by atoms with Crippen LogP contribution in [-0.2, 0) is 9.53 Å². The van der Waals surface area contributed by atoms with Crippen LogP contribution < -0.4 is 4.74 Å². The average Bonchev–Trinajstić information content (AvgIpc) is 2.96. The molecule has 132 valence electrons. The molecule has 7 nitrogen and oxygen atoms in total. The number of aromatic nitrogens is 1. The molecule has 10 heteroatoms. The number of carboxylic acid groups (broad SMARTS) is 1. The molecule has 0 saturated carbocycles. The third kappa shape index (κ3) is 4.34. The standard InChI is InChI=1S/C14H15F3N2O5/c1-23-9-4-10(13(21)22)19(6-9)12(20)8-2-3-11(18-5-8)24-7-14(15,16)17/h2-3,5,9-10H,4,6-7H2,1H3,(H,21,22). The van der Waals surface area contributed by atoms with Gasteiger partial charge in [-0.15, -0.1) is 0 Å². The van der Waals surface area contributed by atoms with E-state index >= 15 is 0 Å². The van der Waals surface area contributed by atoms with E-state index in [1.165, 1.54) is 13.2 Å². The molecule has 0 bridgehead atoms. The molecule has 24 heavy (non-hydrogen) atoms. The first-order valence-electron chi connectivity index (χ1n) is 6.93. The predicted molar refractivity (Wildman–Crippen MR) is 73.7 cm³/mol. The molecule has 0 aromatic carbocycles. The molecular weight excluding hydrogens is 333 g/mol. The van der Waals surface area contributed by atoms with E-state index in [0.717, 1.165) is 17.2 Å². The number of hydrogen-bond donors (Lipinski definition) is 1. The number of rotatable bonds is 5. The zero-order valence-corrected chi connectivity index (χ0v) is 12.6. The van der Waals surface area contributed by atoms with Crippen LogP contribution in [0.25, 0.3) is 0 Å². The van der Waals surface area contributed by atoms with Crippen LogP contribution in [0, 0.1) is 0 Å². The SMILES string of the molecule is COC1CC(C(=O)O)N(C(=O)c2ccc(OCC(F)(F)F)nc2)C1. The number of aliphatic carboxylic acids is 1. The second-order valence-corrected chi connectivity index (χ2v) is 5.19. The Bertz CT molecular complexity index is 605.